The SMILES string of the molecule is O=C/C=C/C=C/c1ccccc1C#CC#Cc1ccccc1/C=C/C=C/C=O. The van der Waals surface area contributed by atoms with Gasteiger partial charge in [-0.25, -0.2) is 0 Å². The number of carbonyl (C=O) groups excluding carboxylic acids is 2. The summed E-state index contributed by atoms with van der Waals surface area (Å²) >= 11 is 0. The summed E-state index contributed by atoms with van der Waals surface area (Å²) in [4.78, 5) is 20.6. The Kier molecular flexibility index (Phi) is 8.83. The van der Waals surface area contributed by atoms with Crippen LogP contribution >= 0.6 is 0 Å². The highest BCUT2D eigenvalue weighted by molar-refractivity contribution is 5.68. The van der Waals surface area contributed by atoms with Crippen molar-refractivity contribution in [2.24, 2.45) is 0 Å². The Balaban J connectivity index is 2.20. The van der Waals surface area contributed by atoms with Crippen LogP contribution in [0.4, 0.5) is 0 Å². The first kappa shape index (κ1) is 20.2. The molecular formula is C26H18O2. The monoisotopic (exact) mass is 362 g/mol. The summed E-state index contributed by atoms with van der Waals surface area (Å²) in [6.45, 7) is 0. The minimum atomic E-state index is 0.733. The molecule has 2 aromatic rings. The van der Waals surface area contributed by atoms with Crippen LogP contribution in [0.1, 0.15) is 22.3 Å². The van der Waals surface area contributed by atoms with Crippen LogP contribution in [0.5, 0.6) is 0 Å². The summed E-state index contributed by atoms with van der Waals surface area (Å²) in [7, 11) is 0. The van der Waals surface area contributed by atoms with Crippen molar-refractivity contribution in [1.29, 1.82) is 0 Å². The summed E-state index contributed by atoms with van der Waals surface area (Å²) in [5, 5.41) is 0. The fourth-order valence-electron chi connectivity index (χ4n) is 2.25. The van der Waals surface area contributed by atoms with Crippen molar-refractivity contribution in [3.05, 3.63) is 107 Å². The average molecular weight is 362 g/mol. The van der Waals surface area contributed by atoms with Crippen LogP contribution in [0.3, 0.4) is 0 Å². The number of rotatable bonds is 6. The van der Waals surface area contributed by atoms with E-state index in [1.807, 2.05) is 60.7 Å². The third kappa shape index (κ3) is 7.00. The van der Waals surface area contributed by atoms with Gasteiger partial charge in [-0.1, -0.05) is 84.7 Å². The molecule has 0 heterocycles. The van der Waals surface area contributed by atoms with Gasteiger partial charge in [0.25, 0.3) is 0 Å². The highest BCUT2D eigenvalue weighted by Gasteiger charge is 1.94. The lowest BCUT2D eigenvalue weighted by Crippen LogP contribution is -1.81. The zero-order valence-corrected chi connectivity index (χ0v) is 15.2. The van der Waals surface area contributed by atoms with Crippen LogP contribution in [0.2, 0.25) is 0 Å². The standard InChI is InChI=1S/C26H18O2/c27-21-11-1-3-13-23-15-5-7-17-25(23)19-9-10-20-26-18-8-6-16-24(26)14-4-2-12-22-28/h1-8,11-18,21-22H/b11-1+,12-2+,13-3+,14-4+. The van der Waals surface area contributed by atoms with Gasteiger partial charge >= 0.3 is 0 Å². The lowest BCUT2D eigenvalue weighted by Gasteiger charge is -1.96. The first-order valence-corrected chi connectivity index (χ1v) is 8.62. The van der Waals surface area contributed by atoms with Gasteiger partial charge in [-0.05, 0) is 47.3 Å². The second kappa shape index (κ2) is 12.3. The molecule has 0 amide bonds. The molecule has 0 spiro atoms. The molecule has 0 aromatic heterocycles. The van der Waals surface area contributed by atoms with Crippen molar-refractivity contribution in [2.75, 3.05) is 0 Å². The molecule has 0 radical (unpaired) electrons. The van der Waals surface area contributed by atoms with Gasteiger partial charge in [0, 0.05) is 11.1 Å². The van der Waals surface area contributed by atoms with E-state index in [0.717, 1.165) is 34.8 Å². The summed E-state index contributed by atoms with van der Waals surface area (Å²) in [5.41, 5.74) is 3.63. The topological polar surface area (TPSA) is 34.1 Å². The second-order valence-electron chi connectivity index (χ2n) is 5.43. The quantitative estimate of drug-likeness (QED) is 0.325. The number of carbonyl (C=O) groups is 2. The average Bonchev–Trinajstić information content (AvgIpc) is 2.73. The molecule has 0 aliphatic carbocycles. The highest BCUT2D eigenvalue weighted by Crippen LogP contribution is 2.10. The minimum absolute atomic E-state index is 0.733. The third-order valence-corrected chi connectivity index (χ3v) is 3.53. The van der Waals surface area contributed by atoms with Crippen molar-refractivity contribution >= 4 is 24.7 Å². The highest BCUT2D eigenvalue weighted by atomic mass is 16.1. The van der Waals surface area contributed by atoms with Crippen molar-refractivity contribution in [3.8, 4) is 23.7 Å². The van der Waals surface area contributed by atoms with E-state index < -0.39 is 0 Å². The van der Waals surface area contributed by atoms with Gasteiger partial charge in [0.15, 0.2) is 0 Å². The van der Waals surface area contributed by atoms with E-state index >= 15 is 0 Å². The van der Waals surface area contributed by atoms with Crippen LogP contribution in [-0.2, 0) is 9.59 Å². The largest absolute Gasteiger partial charge is 0.299 e. The summed E-state index contributed by atoms with van der Waals surface area (Å²) < 4.78 is 0. The molecule has 0 fully saturated rings. The molecule has 0 N–H and O–H groups in total. The molecule has 0 aliphatic heterocycles. The molecule has 0 saturated carbocycles. The first-order chi connectivity index (χ1) is 13.8. The Morgan fingerprint density at radius 1 is 0.536 bits per heavy atom. The van der Waals surface area contributed by atoms with E-state index in [2.05, 4.69) is 23.7 Å². The molecule has 2 heteroatoms. The first-order valence-electron chi connectivity index (χ1n) is 8.62. The van der Waals surface area contributed by atoms with Gasteiger partial charge < -0.3 is 0 Å². The van der Waals surface area contributed by atoms with Gasteiger partial charge in [0.2, 0.25) is 0 Å². The third-order valence-electron chi connectivity index (χ3n) is 3.53. The molecule has 2 nitrogen and oxygen atoms in total. The minimum Gasteiger partial charge on any atom is -0.299 e. The van der Waals surface area contributed by atoms with Crippen LogP contribution in [0.15, 0.2) is 85.0 Å². The van der Waals surface area contributed by atoms with Crippen molar-refractivity contribution < 1.29 is 9.59 Å². The van der Waals surface area contributed by atoms with Gasteiger partial charge in [-0.3, -0.25) is 9.59 Å². The van der Waals surface area contributed by atoms with Gasteiger partial charge in [0.05, 0.1) is 0 Å². The Morgan fingerprint density at radius 3 is 1.39 bits per heavy atom. The molecule has 2 aromatic carbocycles. The predicted octanol–water partition coefficient (Wildman–Crippen LogP) is 4.63. The molecule has 2 rings (SSSR count). The van der Waals surface area contributed by atoms with E-state index in [-0.39, 0.29) is 0 Å². The number of allylic oxidation sites excluding steroid dienone is 6. The normalized spacial score (nSPS) is 10.7. The van der Waals surface area contributed by atoms with E-state index in [1.165, 1.54) is 12.2 Å². The Hall–Kier alpha value is -4.14. The predicted molar refractivity (Wildman–Crippen MR) is 115 cm³/mol. The molecule has 0 saturated heterocycles. The van der Waals surface area contributed by atoms with Gasteiger partial charge in [-0.15, -0.1) is 0 Å². The zero-order chi connectivity index (χ0) is 19.9. The summed E-state index contributed by atoms with van der Waals surface area (Å²) in [6.07, 6.45) is 15.0. The maximum atomic E-state index is 10.3. The molecular weight excluding hydrogens is 344 g/mol. The maximum Gasteiger partial charge on any atom is 0.142 e. The molecule has 0 atom stereocenters. The van der Waals surface area contributed by atoms with E-state index in [0.29, 0.717) is 0 Å². The Morgan fingerprint density at radius 2 is 0.964 bits per heavy atom. The van der Waals surface area contributed by atoms with Crippen molar-refractivity contribution in [3.63, 3.8) is 0 Å². The van der Waals surface area contributed by atoms with Crippen LogP contribution in [0.25, 0.3) is 12.2 Å². The van der Waals surface area contributed by atoms with Crippen molar-refractivity contribution in [2.45, 2.75) is 0 Å². The van der Waals surface area contributed by atoms with E-state index in [9.17, 15) is 9.59 Å². The number of hydrogen-bond donors (Lipinski definition) is 0. The lowest BCUT2D eigenvalue weighted by molar-refractivity contribution is -0.104. The molecule has 0 unspecified atom stereocenters. The fourth-order valence-corrected chi connectivity index (χ4v) is 2.25. The molecule has 0 aliphatic rings. The number of hydrogen-bond acceptors (Lipinski definition) is 2. The number of benzene rings is 2. The molecule has 0 bridgehead atoms. The fraction of sp³-hybridized carbons (Fsp3) is 0. The second-order valence-corrected chi connectivity index (χ2v) is 5.43. The maximum absolute atomic E-state index is 10.3. The Bertz CT molecular complexity index is 971. The van der Waals surface area contributed by atoms with Gasteiger partial charge in [-0.2, -0.15) is 0 Å². The molecule has 28 heavy (non-hydrogen) atoms. The van der Waals surface area contributed by atoms with Crippen molar-refractivity contribution in [1.82, 2.24) is 0 Å². The Labute approximate surface area is 165 Å². The molecule has 134 valence electrons. The zero-order valence-electron chi connectivity index (χ0n) is 15.2. The summed E-state index contributed by atoms with van der Waals surface area (Å²) in [5.74, 6) is 11.9. The van der Waals surface area contributed by atoms with Gasteiger partial charge in [0.1, 0.15) is 12.6 Å². The number of aldehydes is 2. The van der Waals surface area contributed by atoms with Crippen LogP contribution in [0, 0.1) is 23.7 Å². The lowest BCUT2D eigenvalue weighted by atomic mass is 10.1. The summed E-state index contributed by atoms with van der Waals surface area (Å²) in [6, 6.07) is 15.5. The smallest absolute Gasteiger partial charge is 0.142 e. The van der Waals surface area contributed by atoms with E-state index in [1.54, 1.807) is 24.3 Å². The van der Waals surface area contributed by atoms with Crippen LogP contribution < -0.4 is 0 Å². The van der Waals surface area contributed by atoms with E-state index in [4.69, 9.17) is 0 Å². The van der Waals surface area contributed by atoms with Crippen LogP contribution in [-0.4, -0.2) is 12.6 Å².